The Balaban J connectivity index is 1.74. The quantitative estimate of drug-likeness (QED) is 0.183. The van der Waals surface area contributed by atoms with Crippen molar-refractivity contribution in [3.05, 3.63) is 114 Å². The number of benzene rings is 4. The summed E-state index contributed by atoms with van der Waals surface area (Å²) < 4.78 is 12.0. The zero-order valence-electron chi connectivity index (χ0n) is 20.4. The molecule has 0 aliphatic rings. The molecule has 2 atom stereocenters. The minimum absolute atomic E-state index is 0.0414. The highest BCUT2D eigenvalue weighted by Crippen LogP contribution is 2.35. The molecule has 0 aliphatic heterocycles. The summed E-state index contributed by atoms with van der Waals surface area (Å²) in [5.41, 5.74) is 1.39. The number of anilines is 1. The first kappa shape index (κ1) is 26.0. The van der Waals surface area contributed by atoms with Crippen molar-refractivity contribution in [3.8, 4) is 11.5 Å². The van der Waals surface area contributed by atoms with Crippen LogP contribution in [0.25, 0.3) is 10.8 Å². The topological polar surface area (TPSA) is 122 Å². The molecule has 8 nitrogen and oxygen atoms in total. The van der Waals surface area contributed by atoms with E-state index in [4.69, 9.17) is 9.47 Å². The SMILES string of the molecule is CC(=O)c1ccc(NC(=O)O[C@@H](c2ccc(O)c3ccccc23)[C@H](/C=C/C(=O)O)Oc2ccccc2)cc1. The van der Waals surface area contributed by atoms with Gasteiger partial charge in [-0.2, -0.15) is 0 Å². The van der Waals surface area contributed by atoms with Crippen molar-refractivity contribution >= 4 is 34.3 Å². The van der Waals surface area contributed by atoms with E-state index in [9.17, 15) is 24.6 Å². The van der Waals surface area contributed by atoms with E-state index < -0.39 is 24.3 Å². The molecule has 0 unspecified atom stereocenters. The Morgan fingerprint density at radius 1 is 0.842 bits per heavy atom. The van der Waals surface area contributed by atoms with Crippen molar-refractivity contribution in [1.29, 1.82) is 0 Å². The molecule has 3 N–H and O–H groups in total. The summed E-state index contributed by atoms with van der Waals surface area (Å²) in [6.45, 7) is 1.45. The molecular weight excluding hydrogens is 486 g/mol. The van der Waals surface area contributed by atoms with E-state index in [2.05, 4.69) is 5.32 Å². The van der Waals surface area contributed by atoms with Crippen molar-refractivity contribution in [2.75, 3.05) is 5.32 Å². The van der Waals surface area contributed by atoms with Gasteiger partial charge in [0.2, 0.25) is 0 Å². The molecule has 0 spiro atoms. The van der Waals surface area contributed by atoms with Crippen molar-refractivity contribution in [3.63, 3.8) is 0 Å². The van der Waals surface area contributed by atoms with Crippen molar-refractivity contribution in [1.82, 2.24) is 0 Å². The van der Waals surface area contributed by atoms with Gasteiger partial charge in [0.25, 0.3) is 0 Å². The summed E-state index contributed by atoms with van der Waals surface area (Å²) in [6.07, 6.45) is -0.769. The van der Waals surface area contributed by atoms with Gasteiger partial charge >= 0.3 is 12.1 Å². The van der Waals surface area contributed by atoms with Crippen LogP contribution in [0.2, 0.25) is 0 Å². The maximum absolute atomic E-state index is 13.1. The van der Waals surface area contributed by atoms with E-state index in [0.717, 1.165) is 6.08 Å². The van der Waals surface area contributed by atoms with Crippen LogP contribution < -0.4 is 10.1 Å². The number of carboxylic acid groups (broad SMARTS) is 1. The molecule has 192 valence electrons. The number of carboxylic acids is 1. The molecule has 8 heteroatoms. The normalized spacial score (nSPS) is 12.6. The smallest absolute Gasteiger partial charge is 0.412 e. The van der Waals surface area contributed by atoms with E-state index in [1.165, 1.54) is 19.1 Å². The molecule has 0 aromatic heterocycles. The number of nitrogens with one attached hydrogen (secondary N) is 1. The second-order valence-electron chi connectivity index (χ2n) is 8.40. The molecule has 4 rings (SSSR count). The number of phenolic OH excluding ortho intramolecular Hbond substituents is 1. The van der Waals surface area contributed by atoms with Gasteiger partial charge < -0.3 is 19.7 Å². The lowest BCUT2D eigenvalue weighted by atomic mass is 9.96. The Labute approximate surface area is 218 Å². The fourth-order valence-electron chi connectivity index (χ4n) is 3.95. The number of fused-ring (bicyclic) bond motifs is 1. The van der Waals surface area contributed by atoms with Gasteiger partial charge in [-0.3, -0.25) is 10.1 Å². The minimum Gasteiger partial charge on any atom is -0.507 e. The molecule has 38 heavy (non-hydrogen) atoms. The van der Waals surface area contributed by atoms with Gasteiger partial charge in [0.1, 0.15) is 11.5 Å². The number of ether oxygens (including phenoxy) is 2. The lowest BCUT2D eigenvalue weighted by Crippen LogP contribution is -2.30. The van der Waals surface area contributed by atoms with E-state index in [1.54, 1.807) is 84.9 Å². The standard InChI is InChI=1S/C30H25NO7/c1-19(32)20-11-13-21(14-12-20)31-30(36)38-29(25-15-16-26(33)24-10-6-5-9-23(24)25)27(17-18-28(34)35)37-22-7-3-2-4-8-22/h2-18,27,29,33H,1H3,(H,31,36)(H,34,35)/b18-17+/t27-,29-/m0/s1. The predicted molar refractivity (Wildman–Crippen MR) is 143 cm³/mol. The molecule has 4 aromatic carbocycles. The van der Waals surface area contributed by atoms with Gasteiger partial charge in [-0.1, -0.05) is 48.5 Å². The van der Waals surface area contributed by atoms with Crippen molar-refractivity contribution in [2.24, 2.45) is 0 Å². The summed E-state index contributed by atoms with van der Waals surface area (Å²) in [5, 5.41) is 23.5. The number of Topliss-reactive ketones (excluding diaryl/α,β-unsaturated/α-hetero) is 1. The van der Waals surface area contributed by atoms with E-state index in [0.29, 0.717) is 33.3 Å². The Hall–Kier alpha value is -5.11. The van der Waals surface area contributed by atoms with Crippen LogP contribution in [0.5, 0.6) is 11.5 Å². The van der Waals surface area contributed by atoms with E-state index in [-0.39, 0.29) is 11.5 Å². The Morgan fingerprint density at radius 3 is 2.16 bits per heavy atom. The summed E-state index contributed by atoms with van der Waals surface area (Å²) in [4.78, 5) is 36.0. The highest BCUT2D eigenvalue weighted by molar-refractivity contribution is 5.95. The number of aromatic hydroxyl groups is 1. The number of rotatable bonds is 9. The van der Waals surface area contributed by atoms with E-state index >= 15 is 0 Å². The molecule has 0 radical (unpaired) electrons. The van der Waals surface area contributed by atoms with Crippen LogP contribution in [0, 0.1) is 0 Å². The van der Waals surface area contributed by atoms with E-state index in [1.807, 2.05) is 0 Å². The average molecular weight is 512 g/mol. The lowest BCUT2D eigenvalue weighted by molar-refractivity contribution is -0.131. The monoisotopic (exact) mass is 511 g/mol. The first-order valence-corrected chi connectivity index (χ1v) is 11.7. The number of carbonyl (C=O) groups is 3. The predicted octanol–water partition coefficient (Wildman–Crippen LogP) is 6.13. The van der Waals surface area contributed by atoms with Gasteiger partial charge in [-0.15, -0.1) is 0 Å². The third kappa shape index (κ3) is 6.36. The third-order valence-corrected chi connectivity index (χ3v) is 5.76. The number of ketones is 1. The molecule has 0 fully saturated rings. The average Bonchev–Trinajstić information content (AvgIpc) is 2.91. The molecule has 0 aliphatic carbocycles. The van der Waals surface area contributed by atoms with Gasteiger partial charge in [0.15, 0.2) is 18.0 Å². The fourth-order valence-corrected chi connectivity index (χ4v) is 3.95. The number of phenols is 1. The number of carbonyl (C=O) groups excluding carboxylic acids is 2. The Morgan fingerprint density at radius 2 is 1.50 bits per heavy atom. The number of hydrogen-bond donors (Lipinski definition) is 3. The molecule has 1 amide bonds. The summed E-state index contributed by atoms with van der Waals surface area (Å²) in [5.74, 6) is -0.829. The molecule has 4 aromatic rings. The second kappa shape index (κ2) is 11.7. The van der Waals surface area contributed by atoms with Gasteiger partial charge in [0.05, 0.1) is 0 Å². The molecule has 0 saturated carbocycles. The van der Waals surface area contributed by atoms with Crippen LogP contribution in [0.3, 0.4) is 0 Å². The summed E-state index contributed by atoms with van der Waals surface area (Å²) in [6, 6.07) is 25.2. The first-order valence-electron chi connectivity index (χ1n) is 11.7. The maximum atomic E-state index is 13.1. The highest BCUT2D eigenvalue weighted by atomic mass is 16.6. The number of hydrogen-bond acceptors (Lipinski definition) is 6. The first-order chi connectivity index (χ1) is 18.3. The van der Waals surface area contributed by atoms with Crippen LogP contribution in [-0.2, 0) is 9.53 Å². The lowest BCUT2D eigenvalue weighted by Gasteiger charge is -2.27. The van der Waals surface area contributed by atoms with Gasteiger partial charge in [-0.25, -0.2) is 9.59 Å². The summed E-state index contributed by atoms with van der Waals surface area (Å²) >= 11 is 0. The largest absolute Gasteiger partial charge is 0.507 e. The minimum atomic E-state index is -1.20. The number of amides is 1. The third-order valence-electron chi connectivity index (χ3n) is 5.76. The number of aliphatic carboxylic acids is 1. The Bertz CT molecular complexity index is 1480. The maximum Gasteiger partial charge on any atom is 0.412 e. The van der Waals surface area contributed by atoms with Gasteiger partial charge in [-0.05, 0) is 60.9 Å². The van der Waals surface area contributed by atoms with Crippen molar-refractivity contribution < 1.29 is 34.1 Å². The van der Waals surface area contributed by atoms with Crippen LogP contribution in [0.4, 0.5) is 10.5 Å². The molecule has 0 saturated heterocycles. The summed E-state index contributed by atoms with van der Waals surface area (Å²) in [7, 11) is 0. The van der Waals surface area contributed by atoms with Crippen molar-refractivity contribution in [2.45, 2.75) is 19.1 Å². The van der Waals surface area contributed by atoms with Crippen LogP contribution in [0.1, 0.15) is 28.9 Å². The van der Waals surface area contributed by atoms with Gasteiger partial charge in [0, 0.05) is 28.3 Å². The molecule has 0 bridgehead atoms. The zero-order valence-corrected chi connectivity index (χ0v) is 20.4. The van der Waals surface area contributed by atoms with Crippen LogP contribution >= 0.6 is 0 Å². The highest BCUT2D eigenvalue weighted by Gasteiger charge is 2.30. The zero-order chi connectivity index (χ0) is 27.1. The van der Waals surface area contributed by atoms with Crippen LogP contribution in [-0.4, -0.2) is 34.2 Å². The fraction of sp³-hybridized carbons (Fsp3) is 0.100. The second-order valence-corrected chi connectivity index (χ2v) is 8.40. The number of para-hydroxylation sites is 1. The molecular formula is C30H25NO7. The van der Waals surface area contributed by atoms with Crippen LogP contribution in [0.15, 0.2) is 103 Å². The molecule has 0 heterocycles. The Kier molecular flexibility index (Phi) is 8.03.